The van der Waals surface area contributed by atoms with Crippen molar-refractivity contribution in [1.82, 2.24) is 16.0 Å². The van der Waals surface area contributed by atoms with Crippen molar-refractivity contribution in [3.63, 3.8) is 0 Å². The minimum atomic E-state index is -0.248. The van der Waals surface area contributed by atoms with Crippen LogP contribution in [0.2, 0.25) is 0 Å². The van der Waals surface area contributed by atoms with Gasteiger partial charge in [0.1, 0.15) is 0 Å². The largest absolute Gasteiger partial charge is 0.398 e. The summed E-state index contributed by atoms with van der Waals surface area (Å²) in [5.74, 6) is 0. The number of urea groups is 1. The van der Waals surface area contributed by atoms with Crippen LogP contribution in [0.4, 0.5) is 10.5 Å². The third-order valence-corrected chi connectivity index (χ3v) is 4.25. The number of piperidine rings is 1. The summed E-state index contributed by atoms with van der Waals surface area (Å²) < 4.78 is 0. The Morgan fingerprint density at radius 2 is 1.95 bits per heavy atom. The van der Waals surface area contributed by atoms with Gasteiger partial charge in [-0.3, -0.25) is 0 Å². The zero-order chi connectivity index (χ0) is 14.0. The lowest BCUT2D eigenvalue weighted by atomic mass is 10.0. The Labute approximate surface area is 119 Å². The SMILES string of the molecule is Nc1ccccc1C1(NC(=O)NC2CCNCC2)CC1. The molecule has 1 saturated heterocycles. The monoisotopic (exact) mass is 274 g/mol. The fraction of sp³-hybridized carbons (Fsp3) is 0.533. The van der Waals surface area contributed by atoms with Crippen molar-refractivity contribution in [2.24, 2.45) is 0 Å². The van der Waals surface area contributed by atoms with E-state index < -0.39 is 0 Å². The summed E-state index contributed by atoms with van der Waals surface area (Å²) in [5.41, 5.74) is 7.58. The zero-order valence-electron chi connectivity index (χ0n) is 11.6. The molecule has 1 aromatic rings. The first-order valence-corrected chi connectivity index (χ1v) is 7.34. The second-order valence-electron chi connectivity index (χ2n) is 5.79. The lowest BCUT2D eigenvalue weighted by Gasteiger charge is -2.26. The first kappa shape index (κ1) is 13.2. The van der Waals surface area contributed by atoms with Crippen molar-refractivity contribution in [2.75, 3.05) is 18.8 Å². The molecule has 1 heterocycles. The van der Waals surface area contributed by atoms with E-state index in [9.17, 15) is 4.79 Å². The van der Waals surface area contributed by atoms with Crippen LogP contribution in [0.1, 0.15) is 31.2 Å². The van der Waals surface area contributed by atoms with Gasteiger partial charge in [-0.1, -0.05) is 18.2 Å². The van der Waals surface area contributed by atoms with Crippen LogP contribution in [0.25, 0.3) is 0 Å². The second kappa shape index (κ2) is 5.32. The molecule has 20 heavy (non-hydrogen) atoms. The van der Waals surface area contributed by atoms with E-state index in [0.29, 0.717) is 0 Å². The Morgan fingerprint density at radius 1 is 1.25 bits per heavy atom. The topological polar surface area (TPSA) is 79.2 Å². The van der Waals surface area contributed by atoms with Gasteiger partial charge in [-0.25, -0.2) is 4.79 Å². The summed E-state index contributed by atoms with van der Waals surface area (Å²) in [6, 6.07) is 8.00. The summed E-state index contributed by atoms with van der Waals surface area (Å²) in [4.78, 5) is 12.2. The molecule has 1 aliphatic heterocycles. The Morgan fingerprint density at radius 3 is 2.60 bits per heavy atom. The van der Waals surface area contributed by atoms with Crippen LogP contribution in [-0.4, -0.2) is 25.2 Å². The van der Waals surface area contributed by atoms with Crippen LogP contribution < -0.4 is 21.7 Å². The van der Waals surface area contributed by atoms with E-state index in [4.69, 9.17) is 5.73 Å². The molecule has 0 radical (unpaired) electrons. The Hall–Kier alpha value is -1.75. The number of para-hydroxylation sites is 1. The maximum absolute atomic E-state index is 12.2. The van der Waals surface area contributed by atoms with Gasteiger partial charge in [-0.2, -0.15) is 0 Å². The number of hydrogen-bond acceptors (Lipinski definition) is 3. The molecule has 3 rings (SSSR count). The minimum Gasteiger partial charge on any atom is -0.398 e. The maximum atomic E-state index is 12.2. The first-order chi connectivity index (χ1) is 9.70. The number of carbonyl (C=O) groups is 1. The Bertz CT molecular complexity index is 492. The Balaban J connectivity index is 1.62. The number of amides is 2. The molecule has 108 valence electrons. The van der Waals surface area contributed by atoms with Gasteiger partial charge < -0.3 is 21.7 Å². The van der Waals surface area contributed by atoms with Gasteiger partial charge >= 0.3 is 6.03 Å². The maximum Gasteiger partial charge on any atom is 0.315 e. The van der Waals surface area contributed by atoms with Gasteiger partial charge in [-0.15, -0.1) is 0 Å². The highest BCUT2D eigenvalue weighted by Crippen LogP contribution is 2.47. The van der Waals surface area contributed by atoms with E-state index >= 15 is 0 Å². The summed E-state index contributed by atoms with van der Waals surface area (Å²) in [6.07, 6.45) is 3.91. The lowest BCUT2D eigenvalue weighted by Crippen LogP contribution is -2.49. The van der Waals surface area contributed by atoms with E-state index in [-0.39, 0.29) is 17.6 Å². The standard InChI is InChI=1S/C15H22N4O/c16-13-4-2-1-3-12(13)15(7-8-15)19-14(20)18-11-5-9-17-10-6-11/h1-4,11,17H,5-10,16H2,(H2,18,19,20). The van der Waals surface area contributed by atoms with E-state index in [1.54, 1.807) is 0 Å². The zero-order valence-corrected chi connectivity index (χ0v) is 11.6. The Kier molecular flexibility index (Phi) is 3.53. The highest BCUT2D eigenvalue weighted by molar-refractivity contribution is 5.76. The molecule has 2 fully saturated rings. The highest BCUT2D eigenvalue weighted by atomic mass is 16.2. The summed E-state index contributed by atoms with van der Waals surface area (Å²) in [6.45, 7) is 1.95. The molecule has 2 amide bonds. The average molecular weight is 274 g/mol. The smallest absolute Gasteiger partial charge is 0.315 e. The lowest BCUT2D eigenvalue weighted by molar-refractivity contribution is 0.228. The van der Waals surface area contributed by atoms with E-state index in [2.05, 4.69) is 16.0 Å². The molecule has 5 heteroatoms. The molecule has 1 saturated carbocycles. The van der Waals surface area contributed by atoms with Crippen LogP contribution in [0.15, 0.2) is 24.3 Å². The van der Waals surface area contributed by atoms with Gasteiger partial charge in [0.15, 0.2) is 0 Å². The van der Waals surface area contributed by atoms with Crippen molar-refractivity contribution in [3.8, 4) is 0 Å². The number of benzene rings is 1. The average Bonchev–Trinajstić information content (AvgIpc) is 3.20. The van der Waals surface area contributed by atoms with Gasteiger partial charge in [0, 0.05) is 17.3 Å². The van der Waals surface area contributed by atoms with Crippen LogP contribution in [0.5, 0.6) is 0 Å². The molecular weight excluding hydrogens is 252 g/mol. The normalized spacial score (nSPS) is 21.2. The quantitative estimate of drug-likeness (QED) is 0.627. The van der Waals surface area contributed by atoms with E-state index in [1.807, 2.05) is 24.3 Å². The van der Waals surface area contributed by atoms with Gasteiger partial charge in [0.2, 0.25) is 0 Å². The first-order valence-electron chi connectivity index (χ1n) is 7.34. The number of nitrogen functional groups attached to an aromatic ring is 1. The summed E-state index contributed by atoms with van der Waals surface area (Å²) in [5, 5.41) is 9.49. The van der Waals surface area contributed by atoms with E-state index in [0.717, 1.165) is 50.0 Å². The van der Waals surface area contributed by atoms with Gasteiger partial charge in [0.05, 0.1) is 5.54 Å². The number of nitrogens with two attached hydrogens (primary N) is 1. The van der Waals surface area contributed by atoms with Crippen LogP contribution in [-0.2, 0) is 5.54 Å². The predicted molar refractivity (Wildman–Crippen MR) is 79.3 cm³/mol. The second-order valence-corrected chi connectivity index (χ2v) is 5.79. The molecule has 5 nitrogen and oxygen atoms in total. The van der Waals surface area contributed by atoms with Crippen molar-refractivity contribution in [1.29, 1.82) is 0 Å². The summed E-state index contributed by atoms with van der Waals surface area (Å²) in [7, 11) is 0. The van der Waals surface area contributed by atoms with Crippen molar-refractivity contribution < 1.29 is 4.79 Å². The summed E-state index contributed by atoms with van der Waals surface area (Å²) >= 11 is 0. The van der Waals surface area contributed by atoms with Crippen LogP contribution >= 0.6 is 0 Å². The molecular formula is C15H22N4O. The fourth-order valence-electron chi connectivity index (χ4n) is 2.92. The molecule has 5 N–H and O–H groups in total. The molecule has 2 aliphatic rings. The predicted octanol–water partition coefficient (Wildman–Crippen LogP) is 1.31. The van der Waals surface area contributed by atoms with E-state index in [1.165, 1.54) is 0 Å². The number of rotatable bonds is 3. The van der Waals surface area contributed by atoms with Crippen molar-refractivity contribution in [2.45, 2.75) is 37.3 Å². The third kappa shape index (κ3) is 2.72. The number of carbonyl (C=O) groups excluding carboxylic acids is 1. The molecule has 0 bridgehead atoms. The van der Waals surface area contributed by atoms with Gasteiger partial charge in [0.25, 0.3) is 0 Å². The number of anilines is 1. The molecule has 1 aliphatic carbocycles. The molecule has 0 unspecified atom stereocenters. The van der Waals surface area contributed by atoms with Crippen LogP contribution in [0, 0.1) is 0 Å². The molecule has 0 atom stereocenters. The molecule has 1 aromatic carbocycles. The van der Waals surface area contributed by atoms with Crippen molar-refractivity contribution >= 4 is 11.7 Å². The minimum absolute atomic E-state index is 0.0716. The number of hydrogen-bond donors (Lipinski definition) is 4. The highest BCUT2D eigenvalue weighted by Gasteiger charge is 2.46. The third-order valence-electron chi connectivity index (χ3n) is 4.25. The van der Waals surface area contributed by atoms with Gasteiger partial charge in [-0.05, 0) is 44.8 Å². The molecule has 0 aromatic heterocycles. The van der Waals surface area contributed by atoms with Crippen molar-refractivity contribution in [3.05, 3.63) is 29.8 Å². The molecule has 0 spiro atoms. The number of nitrogens with one attached hydrogen (secondary N) is 3. The van der Waals surface area contributed by atoms with Crippen LogP contribution in [0.3, 0.4) is 0 Å². The fourth-order valence-corrected chi connectivity index (χ4v) is 2.92.